The fourth-order valence-corrected chi connectivity index (χ4v) is 3.47. The van der Waals surface area contributed by atoms with Crippen LogP contribution in [0.2, 0.25) is 4.34 Å². The molecule has 3 aromatic rings. The number of thiophene rings is 1. The van der Waals surface area contributed by atoms with Crippen molar-refractivity contribution in [2.24, 2.45) is 0 Å². The van der Waals surface area contributed by atoms with Crippen molar-refractivity contribution in [3.05, 3.63) is 73.7 Å². The number of aromatic nitrogens is 2. The van der Waals surface area contributed by atoms with E-state index in [2.05, 4.69) is 5.10 Å². The lowest BCUT2D eigenvalue weighted by Gasteiger charge is -2.14. The van der Waals surface area contributed by atoms with Crippen LogP contribution < -0.4 is 5.56 Å². The number of carbonyl (C=O) groups excluding carboxylic acids is 1. The van der Waals surface area contributed by atoms with E-state index in [1.54, 1.807) is 17.5 Å². The Labute approximate surface area is 167 Å². The van der Waals surface area contributed by atoms with Crippen LogP contribution in [0.5, 0.6) is 0 Å². The Balaban J connectivity index is 1.80. The van der Waals surface area contributed by atoms with Gasteiger partial charge in [-0.3, -0.25) is 9.59 Å². The Kier molecular flexibility index (Phi) is 5.71. The van der Waals surface area contributed by atoms with Crippen LogP contribution in [0.1, 0.15) is 24.1 Å². The van der Waals surface area contributed by atoms with Crippen LogP contribution in [0.15, 0.2) is 52.6 Å². The Hall–Kier alpha value is -2.45. The summed E-state index contributed by atoms with van der Waals surface area (Å²) < 4.78 is 39.6. The van der Waals surface area contributed by atoms with E-state index in [4.69, 9.17) is 11.6 Å². The predicted molar refractivity (Wildman–Crippen MR) is 102 cm³/mol. The summed E-state index contributed by atoms with van der Waals surface area (Å²) >= 11 is 7.24. The number of rotatable bonds is 5. The van der Waals surface area contributed by atoms with E-state index in [1.807, 2.05) is 0 Å². The minimum absolute atomic E-state index is 0.109. The molecule has 0 spiro atoms. The topological polar surface area (TPSA) is 52.0 Å². The lowest BCUT2D eigenvalue weighted by atomic mass is 10.0. The van der Waals surface area contributed by atoms with Crippen LogP contribution >= 0.6 is 22.9 Å². The van der Waals surface area contributed by atoms with Gasteiger partial charge in [-0.05, 0) is 36.8 Å². The molecule has 0 N–H and O–H groups in total. The number of hydrogen-bond donors (Lipinski definition) is 0. The molecular weight excluding hydrogens is 413 g/mol. The molecule has 0 aliphatic carbocycles. The summed E-state index contributed by atoms with van der Waals surface area (Å²) in [6.45, 7) is 1.53. The minimum atomic E-state index is -4.43. The lowest BCUT2D eigenvalue weighted by Crippen LogP contribution is -2.30. The van der Waals surface area contributed by atoms with Gasteiger partial charge in [-0.2, -0.15) is 18.3 Å². The number of ketones is 1. The highest BCUT2D eigenvalue weighted by atomic mass is 35.5. The van der Waals surface area contributed by atoms with Gasteiger partial charge in [0.2, 0.25) is 0 Å². The number of alkyl halides is 3. The second-order valence-electron chi connectivity index (χ2n) is 6.15. The molecule has 0 aliphatic rings. The third kappa shape index (κ3) is 4.51. The summed E-state index contributed by atoms with van der Waals surface area (Å²) in [7, 11) is 0. The van der Waals surface area contributed by atoms with Crippen LogP contribution in [0.4, 0.5) is 13.2 Å². The number of nitrogens with zero attached hydrogens (tertiary/aromatic N) is 2. The van der Waals surface area contributed by atoms with Crippen LogP contribution in [0.25, 0.3) is 11.3 Å². The van der Waals surface area contributed by atoms with E-state index in [9.17, 15) is 22.8 Å². The lowest BCUT2D eigenvalue weighted by molar-refractivity contribution is -0.137. The molecule has 1 unspecified atom stereocenters. The van der Waals surface area contributed by atoms with Crippen molar-refractivity contribution in [2.75, 3.05) is 0 Å². The Morgan fingerprint density at radius 1 is 1.21 bits per heavy atom. The van der Waals surface area contributed by atoms with Gasteiger partial charge in [0.1, 0.15) is 6.04 Å². The van der Waals surface area contributed by atoms with Gasteiger partial charge >= 0.3 is 6.18 Å². The molecule has 0 saturated heterocycles. The van der Waals surface area contributed by atoms with Crippen molar-refractivity contribution in [3.63, 3.8) is 0 Å². The quantitative estimate of drug-likeness (QED) is 0.575. The average molecular weight is 427 g/mol. The number of hydrogen-bond acceptors (Lipinski definition) is 4. The summed E-state index contributed by atoms with van der Waals surface area (Å²) in [5.74, 6) is -0.338. The standard InChI is InChI=1S/C19H14ClF3N2O2S/c1-11(16(26)8-12-2-4-14(5-3-12)19(21,22)23)25-18(27)7-6-15(24-25)13-9-17(20)28-10-13/h2-7,9-11H,8H2,1H3. The molecule has 2 aromatic heterocycles. The van der Waals surface area contributed by atoms with Crippen molar-refractivity contribution in [2.45, 2.75) is 25.6 Å². The molecule has 0 saturated carbocycles. The summed E-state index contributed by atoms with van der Waals surface area (Å²) in [6, 6.07) is 8.07. The largest absolute Gasteiger partial charge is 0.416 e. The molecule has 0 bridgehead atoms. The zero-order valence-electron chi connectivity index (χ0n) is 14.5. The van der Waals surface area contributed by atoms with E-state index in [0.717, 1.165) is 22.4 Å². The summed E-state index contributed by atoms with van der Waals surface area (Å²) in [4.78, 5) is 24.7. The van der Waals surface area contributed by atoms with Gasteiger partial charge in [0.15, 0.2) is 5.78 Å². The molecule has 146 valence electrons. The molecule has 3 rings (SSSR count). The molecule has 2 heterocycles. The van der Waals surface area contributed by atoms with Gasteiger partial charge < -0.3 is 0 Å². The number of carbonyl (C=O) groups is 1. The SMILES string of the molecule is CC(C(=O)Cc1ccc(C(F)(F)F)cc1)n1nc(-c2csc(Cl)c2)ccc1=O. The molecule has 28 heavy (non-hydrogen) atoms. The maximum atomic E-state index is 12.6. The summed E-state index contributed by atoms with van der Waals surface area (Å²) in [5, 5.41) is 6.03. The van der Waals surface area contributed by atoms with Gasteiger partial charge in [0.25, 0.3) is 5.56 Å². The first-order valence-electron chi connectivity index (χ1n) is 8.18. The highest BCUT2D eigenvalue weighted by molar-refractivity contribution is 7.14. The molecule has 0 aliphatic heterocycles. The van der Waals surface area contributed by atoms with Crippen molar-refractivity contribution in [3.8, 4) is 11.3 Å². The molecule has 9 heteroatoms. The first-order chi connectivity index (χ1) is 13.1. The maximum absolute atomic E-state index is 12.6. The molecule has 0 amide bonds. The number of halogens is 4. The minimum Gasteiger partial charge on any atom is -0.297 e. The Morgan fingerprint density at radius 3 is 2.46 bits per heavy atom. The summed E-state index contributed by atoms with van der Waals surface area (Å²) in [6.07, 6.45) is -4.54. The van der Waals surface area contributed by atoms with E-state index in [-0.39, 0.29) is 12.2 Å². The molecule has 4 nitrogen and oxygen atoms in total. The first kappa shape index (κ1) is 20.3. The van der Waals surface area contributed by atoms with Crippen LogP contribution in [0, 0.1) is 0 Å². The van der Waals surface area contributed by atoms with E-state index in [1.165, 1.54) is 36.5 Å². The van der Waals surface area contributed by atoms with Gasteiger partial charge in [0.05, 0.1) is 15.6 Å². The van der Waals surface area contributed by atoms with Crippen molar-refractivity contribution >= 4 is 28.7 Å². The molecule has 0 radical (unpaired) electrons. The fraction of sp³-hybridized carbons (Fsp3) is 0.211. The normalized spacial score (nSPS) is 12.8. The Morgan fingerprint density at radius 2 is 1.89 bits per heavy atom. The maximum Gasteiger partial charge on any atom is 0.416 e. The van der Waals surface area contributed by atoms with Crippen molar-refractivity contribution in [1.82, 2.24) is 9.78 Å². The fourth-order valence-electron chi connectivity index (χ4n) is 2.60. The van der Waals surface area contributed by atoms with Gasteiger partial charge in [0, 0.05) is 23.4 Å². The highest BCUT2D eigenvalue weighted by Crippen LogP contribution is 2.29. The van der Waals surface area contributed by atoms with Crippen molar-refractivity contribution in [1.29, 1.82) is 0 Å². The molecule has 1 atom stereocenters. The monoisotopic (exact) mass is 426 g/mol. The third-order valence-corrected chi connectivity index (χ3v) is 5.27. The number of Topliss-reactive ketones (excluding diaryl/α,β-unsaturated/α-hetero) is 1. The smallest absolute Gasteiger partial charge is 0.297 e. The van der Waals surface area contributed by atoms with Gasteiger partial charge in [-0.15, -0.1) is 11.3 Å². The van der Waals surface area contributed by atoms with Crippen LogP contribution in [-0.2, 0) is 17.4 Å². The van der Waals surface area contributed by atoms with E-state index in [0.29, 0.717) is 15.6 Å². The van der Waals surface area contributed by atoms with Gasteiger partial charge in [-0.25, -0.2) is 4.68 Å². The third-order valence-electron chi connectivity index (χ3n) is 4.18. The summed E-state index contributed by atoms with van der Waals surface area (Å²) in [5.41, 5.74) is 0.428. The molecule has 1 aromatic carbocycles. The van der Waals surface area contributed by atoms with Crippen molar-refractivity contribution < 1.29 is 18.0 Å². The zero-order chi connectivity index (χ0) is 20.5. The zero-order valence-corrected chi connectivity index (χ0v) is 16.1. The second kappa shape index (κ2) is 7.89. The first-order valence-corrected chi connectivity index (χ1v) is 9.44. The second-order valence-corrected chi connectivity index (χ2v) is 7.70. The van der Waals surface area contributed by atoms with E-state index < -0.39 is 23.3 Å². The predicted octanol–water partition coefficient (Wildman–Crippen LogP) is 5.02. The highest BCUT2D eigenvalue weighted by Gasteiger charge is 2.30. The van der Waals surface area contributed by atoms with E-state index >= 15 is 0 Å². The number of benzene rings is 1. The van der Waals surface area contributed by atoms with Gasteiger partial charge in [-0.1, -0.05) is 23.7 Å². The average Bonchev–Trinajstić information content (AvgIpc) is 3.07. The Bertz CT molecular complexity index is 1060. The molecular formula is C19H14ClF3N2O2S. The van der Waals surface area contributed by atoms with Crippen LogP contribution in [-0.4, -0.2) is 15.6 Å². The molecule has 0 fully saturated rings. The van der Waals surface area contributed by atoms with Crippen LogP contribution in [0.3, 0.4) is 0 Å².